The maximum atomic E-state index is 6.28. The van der Waals surface area contributed by atoms with Gasteiger partial charge in [0.05, 0.1) is 11.2 Å². The Morgan fingerprint density at radius 1 is 0.923 bits per heavy atom. The molecule has 0 fully saturated rings. The average molecular weight is 367 g/mol. The summed E-state index contributed by atoms with van der Waals surface area (Å²) in [4.78, 5) is 4.89. The van der Waals surface area contributed by atoms with Crippen LogP contribution in [0.15, 0.2) is 36.4 Å². The first kappa shape index (κ1) is 15.8. The van der Waals surface area contributed by atoms with Gasteiger partial charge in [0.1, 0.15) is 13.2 Å². The normalized spacial score (nSPS) is 15.6. The van der Waals surface area contributed by atoms with Gasteiger partial charge >= 0.3 is 0 Å². The minimum Gasteiger partial charge on any atom is -0.486 e. The number of anilines is 2. The molecule has 0 radical (unpaired) electrons. The first-order valence-electron chi connectivity index (χ1n) is 9.05. The van der Waals surface area contributed by atoms with E-state index in [0.717, 1.165) is 51.6 Å². The fraction of sp³-hybridized carbons (Fsp3) is 0.286. The number of hydrogen-bond donors (Lipinski definition) is 1. The number of nitrogens with one attached hydrogen (secondary N) is 1. The standard InChI is InChI=1S/C21H19ClN2O2/c22-13-5-7-18-16(11-13)21(15-3-1-2-4-17(15)24-18)23-14-6-8-19-20(12-14)26-10-9-25-19/h5-8,11-12H,1-4,9-10H2,(H,23,24). The number of fused-ring (bicyclic) bond motifs is 3. The summed E-state index contributed by atoms with van der Waals surface area (Å²) in [5, 5.41) is 5.40. The second kappa shape index (κ2) is 6.36. The van der Waals surface area contributed by atoms with Gasteiger partial charge in [-0.05, 0) is 61.6 Å². The van der Waals surface area contributed by atoms with Gasteiger partial charge in [0.15, 0.2) is 11.5 Å². The summed E-state index contributed by atoms with van der Waals surface area (Å²) in [6, 6.07) is 11.9. The molecular weight excluding hydrogens is 348 g/mol. The lowest BCUT2D eigenvalue weighted by atomic mass is 9.92. The number of ether oxygens (including phenoxy) is 2. The Labute approximate surface area is 157 Å². The summed E-state index contributed by atoms with van der Waals surface area (Å²) in [5.41, 5.74) is 5.58. The summed E-state index contributed by atoms with van der Waals surface area (Å²) in [5.74, 6) is 1.58. The van der Waals surface area contributed by atoms with Crippen LogP contribution in [0.5, 0.6) is 11.5 Å². The molecule has 4 nitrogen and oxygen atoms in total. The summed E-state index contributed by atoms with van der Waals surface area (Å²) in [7, 11) is 0. The van der Waals surface area contributed by atoms with E-state index in [1.807, 2.05) is 36.4 Å². The molecule has 0 saturated carbocycles. The minimum absolute atomic E-state index is 0.583. The van der Waals surface area contributed by atoms with Gasteiger partial charge in [-0.3, -0.25) is 4.98 Å². The molecule has 1 aliphatic carbocycles. The molecule has 132 valence electrons. The number of pyridine rings is 1. The molecule has 0 spiro atoms. The lowest BCUT2D eigenvalue weighted by Crippen LogP contribution is -2.15. The molecule has 0 atom stereocenters. The van der Waals surface area contributed by atoms with Gasteiger partial charge < -0.3 is 14.8 Å². The summed E-state index contributed by atoms with van der Waals surface area (Å²) >= 11 is 6.28. The number of rotatable bonds is 2. The SMILES string of the molecule is Clc1ccc2nc3c(c(Nc4ccc5c(c4)OCCO5)c2c1)CCCC3. The first-order chi connectivity index (χ1) is 12.8. The van der Waals surface area contributed by atoms with Crippen molar-refractivity contribution in [2.75, 3.05) is 18.5 Å². The number of benzene rings is 2. The molecule has 1 N–H and O–H groups in total. The Balaban J connectivity index is 1.64. The summed E-state index contributed by atoms with van der Waals surface area (Å²) in [6.07, 6.45) is 4.46. The number of hydrogen-bond acceptors (Lipinski definition) is 4. The minimum atomic E-state index is 0.583. The van der Waals surface area contributed by atoms with Crippen LogP contribution in [0, 0.1) is 0 Å². The van der Waals surface area contributed by atoms with E-state index in [-0.39, 0.29) is 0 Å². The van der Waals surface area contributed by atoms with Crippen LogP contribution < -0.4 is 14.8 Å². The van der Waals surface area contributed by atoms with Crippen molar-refractivity contribution in [3.05, 3.63) is 52.7 Å². The highest BCUT2D eigenvalue weighted by molar-refractivity contribution is 6.31. The van der Waals surface area contributed by atoms with E-state index < -0.39 is 0 Å². The van der Waals surface area contributed by atoms with Crippen LogP contribution in [0.3, 0.4) is 0 Å². The molecule has 0 unspecified atom stereocenters. The predicted octanol–water partition coefficient (Wildman–Crippen LogP) is 5.28. The van der Waals surface area contributed by atoms with Crippen LogP contribution in [0.1, 0.15) is 24.1 Å². The van der Waals surface area contributed by atoms with Crippen LogP contribution in [0.25, 0.3) is 10.9 Å². The Bertz CT molecular complexity index is 1000. The lowest BCUT2D eigenvalue weighted by molar-refractivity contribution is 0.171. The molecule has 0 amide bonds. The predicted molar refractivity (Wildman–Crippen MR) is 104 cm³/mol. The Hall–Kier alpha value is -2.46. The van der Waals surface area contributed by atoms with E-state index in [9.17, 15) is 0 Å². The molecule has 1 aliphatic heterocycles. The zero-order valence-electron chi connectivity index (χ0n) is 14.3. The molecule has 26 heavy (non-hydrogen) atoms. The molecule has 1 aromatic heterocycles. The van der Waals surface area contributed by atoms with Gasteiger partial charge in [0.25, 0.3) is 0 Å². The smallest absolute Gasteiger partial charge is 0.163 e. The van der Waals surface area contributed by atoms with Gasteiger partial charge in [0, 0.05) is 27.9 Å². The number of halogens is 1. The van der Waals surface area contributed by atoms with Crippen LogP contribution in [0.2, 0.25) is 5.02 Å². The van der Waals surface area contributed by atoms with Gasteiger partial charge in [-0.25, -0.2) is 0 Å². The molecule has 3 aromatic rings. The molecule has 2 aromatic carbocycles. The van der Waals surface area contributed by atoms with Crippen LogP contribution in [-0.4, -0.2) is 18.2 Å². The quantitative estimate of drug-likeness (QED) is 0.670. The molecule has 0 bridgehead atoms. The van der Waals surface area contributed by atoms with Gasteiger partial charge in [-0.1, -0.05) is 11.6 Å². The van der Waals surface area contributed by atoms with Crippen molar-refractivity contribution in [3.63, 3.8) is 0 Å². The highest BCUT2D eigenvalue weighted by Gasteiger charge is 2.19. The van der Waals surface area contributed by atoms with Crippen molar-refractivity contribution >= 4 is 33.9 Å². The topological polar surface area (TPSA) is 43.4 Å². The maximum absolute atomic E-state index is 6.28. The molecule has 0 saturated heterocycles. The van der Waals surface area contributed by atoms with E-state index in [1.54, 1.807) is 0 Å². The van der Waals surface area contributed by atoms with Crippen molar-refractivity contribution in [2.24, 2.45) is 0 Å². The molecule has 5 heteroatoms. The molecular formula is C21H19ClN2O2. The monoisotopic (exact) mass is 366 g/mol. The largest absolute Gasteiger partial charge is 0.486 e. The number of aromatic nitrogens is 1. The molecule has 2 heterocycles. The van der Waals surface area contributed by atoms with E-state index >= 15 is 0 Å². The summed E-state index contributed by atoms with van der Waals surface area (Å²) in [6.45, 7) is 1.18. The fourth-order valence-corrected chi connectivity index (χ4v) is 3.98. The van der Waals surface area contributed by atoms with E-state index in [0.29, 0.717) is 13.2 Å². The second-order valence-corrected chi connectivity index (χ2v) is 7.20. The zero-order valence-corrected chi connectivity index (χ0v) is 15.1. The lowest BCUT2D eigenvalue weighted by Gasteiger charge is -2.23. The number of aryl methyl sites for hydroxylation is 1. The van der Waals surface area contributed by atoms with Crippen LogP contribution >= 0.6 is 11.6 Å². The van der Waals surface area contributed by atoms with Crippen molar-refractivity contribution in [1.29, 1.82) is 0 Å². The van der Waals surface area contributed by atoms with Gasteiger partial charge in [0.2, 0.25) is 0 Å². The van der Waals surface area contributed by atoms with E-state index in [2.05, 4.69) is 5.32 Å². The Kier molecular flexibility index (Phi) is 3.86. The highest BCUT2D eigenvalue weighted by atomic mass is 35.5. The summed E-state index contributed by atoms with van der Waals surface area (Å²) < 4.78 is 11.3. The third-order valence-electron chi connectivity index (χ3n) is 5.04. The Morgan fingerprint density at radius 3 is 2.69 bits per heavy atom. The van der Waals surface area contributed by atoms with E-state index in [4.69, 9.17) is 26.1 Å². The van der Waals surface area contributed by atoms with Gasteiger partial charge in [-0.15, -0.1) is 0 Å². The van der Waals surface area contributed by atoms with Crippen molar-refractivity contribution in [3.8, 4) is 11.5 Å². The second-order valence-electron chi connectivity index (χ2n) is 6.76. The maximum Gasteiger partial charge on any atom is 0.163 e. The third kappa shape index (κ3) is 2.74. The van der Waals surface area contributed by atoms with Crippen molar-refractivity contribution in [2.45, 2.75) is 25.7 Å². The van der Waals surface area contributed by atoms with E-state index in [1.165, 1.54) is 24.1 Å². The highest BCUT2D eigenvalue weighted by Crippen LogP contribution is 2.38. The first-order valence-corrected chi connectivity index (χ1v) is 9.43. The van der Waals surface area contributed by atoms with Crippen molar-refractivity contribution < 1.29 is 9.47 Å². The van der Waals surface area contributed by atoms with Gasteiger partial charge in [-0.2, -0.15) is 0 Å². The van der Waals surface area contributed by atoms with Crippen LogP contribution in [-0.2, 0) is 12.8 Å². The Morgan fingerprint density at radius 2 is 1.77 bits per heavy atom. The van der Waals surface area contributed by atoms with Crippen molar-refractivity contribution in [1.82, 2.24) is 4.98 Å². The average Bonchev–Trinajstić information content (AvgIpc) is 2.68. The third-order valence-corrected chi connectivity index (χ3v) is 5.27. The zero-order chi connectivity index (χ0) is 17.5. The molecule has 5 rings (SSSR count). The molecule has 2 aliphatic rings. The fourth-order valence-electron chi connectivity index (χ4n) is 3.80. The van der Waals surface area contributed by atoms with Crippen LogP contribution in [0.4, 0.5) is 11.4 Å². The number of nitrogens with zero attached hydrogens (tertiary/aromatic N) is 1.